The second kappa shape index (κ2) is 5.69. The van der Waals surface area contributed by atoms with E-state index in [2.05, 4.69) is 24.1 Å². The van der Waals surface area contributed by atoms with Crippen molar-refractivity contribution < 1.29 is 4.74 Å². The van der Waals surface area contributed by atoms with Gasteiger partial charge in [-0.2, -0.15) is 0 Å². The van der Waals surface area contributed by atoms with Crippen LogP contribution < -0.4 is 10.1 Å². The first-order valence-electron chi connectivity index (χ1n) is 6.17. The highest BCUT2D eigenvalue weighted by Crippen LogP contribution is 2.23. The quantitative estimate of drug-likeness (QED) is 0.897. The topological polar surface area (TPSA) is 34.1 Å². The molecule has 2 atom stereocenters. The van der Waals surface area contributed by atoms with Gasteiger partial charge in [0.25, 0.3) is 0 Å². The lowest BCUT2D eigenvalue weighted by Gasteiger charge is -2.28. The zero-order valence-corrected chi connectivity index (χ0v) is 11.1. The SMILES string of the molecule is CC(C)[C@H](Oc1cncc(Cl)c1)C1CCCN1. The Balaban J connectivity index is 2.07. The Morgan fingerprint density at radius 3 is 2.88 bits per heavy atom. The predicted octanol–water partition coefficient (Wildman–Crippen LogP) is 2.89. The molecule has 1 aromatic rings. The largest absolute Gasteiger partial charge is 0.487 e. The fourth-order valence-corrected chi connectivity index (χ4v) is 2.45. The second-order valence-corrected chi connectivity index (χ2v) is 5.30. The molecule has 0 aromatic carbocycles. The van der Waals surface area contributed by atoms with Crippen LogP contribution in [-0.4, -0.2) is 23.7 Å². The maximum atomic E-state index is 6.03. The van der Waals surface area contributed by atoms with E-state index in [1.807, 2.05) is 6.07 Å². The molecule has 0 spiro atoms. The minimum atomic E-state index is 0.178. The van der Waals surface area contributed by atoms with Crippen molar-refractivity contribution in [1.29, 1.82) is 0 Å². The van der Waals surface area contributed by atoms with Crippen LogP contribution in [0.5, 0.6) is 5.75 Å². The van der Waals surface area contributed by atoms with Crippen molar-refractivity contribution >= 4 is 11.6 Å². The predicted molar refractivity (Wildman–Crippen MR) is 69.5 cm³/mol. The third kappa shape index (κ3) is 3.33. The lowest BCUT2D eigenvalue weighted by molar-refractivity contribution is 0.115. The molecule has 0 radical (unpaired) electrons. The van der Waals surface area contributed by atoms with E-state index in [1.165, 1.54) is 12.8 Å². The minimum absolute atomic E-state index is 0.178. The van der Waals surface area contributed by atoms with Crippen LogP contribution in [0, 0.1) is 5.92 Å². The summed E-state index contributed by atoms with van der Waals surface area (Å²) in [6, 6.07) is 2.26. The first kappa shape index (κ1) is 12.7. The molecular formula is C13H19ClN2O. The lowest BCUT2D eigenvalue weighted by atomic mass is 9.98. The van der Waals surface area contributed by atoms with Crippen LogP contribution >= 0.6 is 11.6 Å². The first-order valence-corrected chi connectivity index (χ1v) is 6.55. The molecule has 1 fully saturated rings. The molecular weight excluding hydrogens is 236 g/mol. The highest BCUT2D eigenvalue weighted by Gasteiger charge is 2.28. The number of ether oxygens (including phenoxy) is 1. The monoisotopic (exact) mass is 254 g/mol. The van der Waals surface area contributed by atoms with Crippen molar-refractivity contribution in [3.05, 3.63) is 23.5 Å². The molecule has 4 heteroatoms. The molecule has 1 unspecified atom stereocenters. The number of rotatable bonds is 4. The molecule has 1 aromatic heterocycles. The maximum absolute atomic E-state index is 6.03. The van der Waals surface area contributed by atoms with Crippen LogP contribution in [0.15, 0.2) is 18.5 Å². The first-order chi connectivity index (χ1) is 8.16. The Kier molecular flexibility index (Phi) is 4.24. The summed E-state index contributed by atoms with van der Waals surface area (Å²) in [6.07, 6.45) is 5.92. The molecule has 1 N–H and O–H groups in total. The molecule has 0 amide bonds. The van der Waals surface area contributed by atoms with Gasteiger partial charge < -0.3 is 10.1 Å². The van der Waals surface area contributed by atoms with E-state index >= 15 is 0 Å². The van der Waals surface area contributed by atoms with Crippen LogP contribution in [0.25, 0.3) is 0 Å². The molecule has 0 aliphatic carbocycles. The van der Waals surface area contributed by atoms with Gasteiger partial charge in [0.2, 0.25) is 0 Å². The van der Waals surface area contributed by atoms with Crippen LogP contribution in [0.2, 0.25) is 5.02 Å². The van der Waals surface area contributed by atoms with Gasteiger partial charge in [0, 0.05) is 18.3 Å². The van der Waals surface area contributed by atoms with Gasteiger partial charge in [-0.25, -0.2) is 0 Å². The van der Waals surface area contributed by atoms with E-state index in [0.717, 1.165) is 12.3 Å². The summed E-state index contributed by atoms with van der Waals surface area (Å²) >= 11 is 5.91. The van der Waals surface area contributed by atoms with Gasteiger partial charge in [0.05, 0.1) is 11.2 Å². The number of pyridine rings is 1. The van der Waals surface area contributed by atoms with Crippen molar-refractivity contribution in [2.24, 2.45) is 5.92 Å². The van der Waals surface area contributed by atoms with E-state index < -0.39 is 0 Å². The van der Waals surface area contributed by atoms with Gasteiger partial charge in [-0.15, -0.1) is 0 Å². The zero-order chi connectivity index (χ0) is 12.3. The smallest absolute Gasteiger partial charge is 0.139 e. The van der Waals surface area contributed by atoms with Crippen molar-refractivity contribution in [1.82, 2.24) is 10.3 Å². The molecule has 2 heterocycles. The second-order valence-electron chi connectivity index (χ2n) is 4.87. The number of nitrogens with zero attached hydrogens (tertiary/aromatic N) is 1. The van der Waals surface area contributed by atoms with Gasteiger partial charge in [-0.3, -0.25) is 4.98 Å². The normalized spacial score (nSPS) is 21.8. The van der Waals surface area contributed by atoms with E-state index in [9.17, 15) is 0 Å². The number of nitrogens with one attached hydrogen (secondary N) is 1. The Labute approximate surface area is 108 Å². The Morgan fingerprint density at radius 1 is 1.47 bits per heavy atom. The summed E-state index contributed by atoms with van der Waals surface area (Å²) in [5.41, 5.74) is 0. The molecule has 17 heavy (non-hydrogen) atoms. The highest BCUT2D eigenvalue weighted by molar-refractivity contribution is 6.30. The molecule has 1 saturated heterocycles. The van der Waals surface area contributed by atoms with E-state index in [-0.39, 0.29) is 6.10 Å². The Hall–Kier alpha value is -0.800. The average Bonchev–Trinajstić information content (AvgIpc) is 2.78. The number of hydrogen-bond donors (Lipinski definition) is 1. The van der Waals surface area contributed by atoms with Crippen LogP contribution in [0.3, 0.4) is 0 Å². The van der Waals surface area contributed by atoms with Crippen molar-refractivity contribution in [2.45, 2.75) is 38.8 Å². The summed E-state index contributed by atoms with van der Waals surface area (Å²) in [5.74, 6) is 1.22. The van der Waals surface area contributed by atoms with Crippen molar-refractivity contribution in [3.8, 4) is 5.75 Å². The van der Waals surface area contributed by atoms with Gasteiger partial charge in [-0.1, -0.05) is 25.4 Å². The molecule has 0 saturated carbocycles. The lowest BCUT2D eigenvalue weighted by Crippen LogP contribution is -2.42. The highest BCUT2D eigenvalue weighted by atomic mass is 35.5. The van der Waals surface area contributed by atoms with Gasteiger partial charge in [0.1, 0.15) is 11.9 Å². The molecule has 1 aliphatic heterocycles. The average molecular weight is 255 g/mol. The Morgan fingerprint density at radius 2 is 2.29 bits per heavy atom. The van der Waals surface area contributed by atoms with Gasteiger partial charge in [0.15, 0.2) is 0 Å². The molecule has 2 rings (SSSR count). The Bertz CT molecular complexity index is 364. The third-order valence-corrected chi connectivity index (χ3v) is 3.31. The summed E-state index contributed by atoms with van der Waals surface area (Å²) in [6.45, 7) is 5.45. The molecule has 3 nitrogen and oxygen atoms in total. The van der Waals surface area contributed by atoms with E-state index in [0.29, 0.717) is 17.0 Å². The summed E-state index contributed by atoms with van der Waals surface area (Å²) in [4.78, 5) is 4.05. The van der Waals surface area contributed by atoms with Crippen LogP contribution in [0.4, 0.5) is 0 Å². The number of hydrogen-bond acceptors (Lipinski definition) is 3. The zero-order valence-electron chi connectivity index (χ0n) is 10.3. The van der Waals surface area contributed by atoms with Gasteiger partial charge >= 0.3 is 0 Å². The fourth-order valence-electron chi connectivity index (χ4n) is 2.29. The standard InChI is InChI=1S/C13H19ClN2O/c1-9(2)13(12-4-3-5-16-12)17-11-6-10(14)7-15-8-11/h6-9,12-13,16H,3-5H2,1-2H3/t12?,13-/m0/s1. The molecule has 0 bridgehead atoms. The molecule has 94 valence electrons. The number of halogens is 1. The summed E-state index contributed by atoms with van der Waals surface area (Å²) in [7, 11) is 0. The van der Waals surface area contributed by atoms with E-state index in [1.54, 1.807) is 12.4 Å². The van der Waals surface area contributed by atoms with Crippen LogP contribution in [0.1, 0.15) is 26.7 Å². The van der Waals surface area contributed by atoms with Gasteiger partial charge in [-0.05, 0) is 25.3 Å². The third-order valence-electron chi connectivity index (χ3n) is 3.10. The van der Waals surface area contributed by atoms with Crippen molar-refractivity contribution in [2.75, 3.05) is 6.54 Å². The number of aromatic nitrogens is 1. The van der Waals surface area contributed by atoms with Crippen molar-refractivity contribution in [3.63, 3.8) is 0 Å². The summed E-state index contributed by atoms with van der Waals surface area (Å²) < 4.78 is 6.03. The summed E-state index contributed by atoms with van der Waals surface area (Å²) in [5, 5.41) is 4.11. The fraction of sp³-hybridized carbons (Fsp3) is 0.615. The minimum Gasteiger partial charge on any atom is -0.487 e. The maximum Gasteiger partial charge on any atom is 0.139 e. The molecule has 1 aliphatic rings. The van der Waals surface area contributed by atoms with E-state index in [4.69, 9.17) is 16.3 Å². The van der Waals surface area contributed by atoms with Crippen LogP contribution in [-0.2, 0) is 0 Å².